The van der Waals surface area contributed by atoms with E-state index in [9.17, 15) is 4.79 Å². The Morgan fingerprint density at radius 3 is 1.59 bits per heavy atom. The predicted molar refractivity (Wildman–Crippen MR) is 70.1 cm³/mol. The maximum atomic E-state index is 9.87. The van der Waals surface area contributed by atoms with Crippen LogP contribution < -0.4 is 5.32 Å². The molecule has 2 N–H and O–H groups in total. The monoisotopic (exact) mass is 231 g/mol. The Morgan fingerprint density at radius 2 is 1.41 bits per heavy atom. The molecule has 0 radical (unpaired) electrons. The van der Waals surface area contributed by atoms with Crippen LogP contribution in [0.1, 0.15) is 6.92 Å². The van der Waals surface area contributed by atoms with Gasteiger partial charge < -0.3 is 10.4 Å². The number of carboxylic acids is 1. The number of hydrogen-bond donors (Lipinski definition) is 2. The van der Waals surface area contributed by atoms with Crippen LogP contribution >= 0.6 is 0 Å². The van der Waals surface area contributed by atoms with Gasteiger partial charge in [0.2, 0.25) is 0 Å². The minimum absolute atomic E-state index is 0.431. The lowest BCUT2D eigenvalue weighted by atomic mass is 10.1. The van der Waals surface area contributed by atoms with Gasteiger partial charge in [-0.25, -0.2) is 0 Å². The van der Waals surface area contributed by atoms with E-state index < -0.39 is 12.0 Å². The summed E-state index contributed by atoms with van der Waals surface area (Å²) >= 11 is 0. The maximum Gasteiger partial charge on any atom is 0.320 e. The number of carbonyl (C=O) groups is 1. The van der Waals surface area contributed by atoms with Crippen LogP contribution in [0.5, 0.6) is 0 Å². The number of fused-ring (bicyclic) bond motifs is 1. The average Bonchev–Trinajstić information content (AvgIpc) is 2.38. The Hall–Kier alpha value is -1.87. The summed E-state index contributed by atoms with van der Waals surface area (Å²) in [5.41, 5.74) is 0. The summed E-state index contributed by atoms with van der Waals surface area (Å²) in [5, 5.41) is 13.3. The molecule has 0 aliphatic carbocycles. The molecule has 0 amide bonds. The summed E-state index contributed by atoms with van der Waals surface area (Å²) in [7, 11) is 1.61. The predicted octanol–water partition coefficient (Wildman–Crippen LogP) is 2.52. The van der Waals surface area contributed by atoms with Gasteiger partial charge in [-0.1, -0.05) is 48.5 Å². The SMILES string of the molecule is CNC(C)C(=O)O.c1ccc2ccccc2c1. The van der Waals surface area contributed by atoms with Crippen LogP contribution in [0.3, 0.4) is 0 Å². The molecule has 3 nitrogen and oxygen atoms in total. The Balaban J connectivity index is 0.000000185. The van der Waals surface area contributed by atoms with Gasteiger partial charge in [0.15, 0.2) is 0 Å². The van der Waals surface area contributed by atoms with Crippen molar-refractivity contribution in [3.8, 4) is 0 Å². The summed E-state index contributed by atoms with van der Waals surface area (Å²) in [6, 6.07) is 16.3. The fourth-order valence-corrected chi connectivity index (χ4v) is 1.26. The molecule has 0 spiro atoms. The molecule has 0 aromatic heterocycles. The molecule has 0 bridgehead atoms. The number of aliphatic carboxylic acids is 1. The third-order valence-electron chi connectivity index (χ3n) is 2.46. The van der Waals surface area contributed by atoms with Crippen molar-refractivity contribution in [1.29, 1.82) is 0 Å². The van der Waals surface area contributed by atoms with Crippen LogP contribution in [0, 0.1) is 0 Å². The van der Waals surface area contributed by atoms with Crippen LogP contribution in [-0.2, 0) is 4.79 Å². The van der Waals surface area contributed by atoms with E-state index in [4.69, 9.17) is 5.11 Å². The number of rotatable bonds is 2. The highest BCUT2D eigenvalue weighted by atomic mass is 16.4. The molecule has 1 unspecified atom stereocenters. The topological polar surface area (TPSA) is 49.3 Å². The molecule has 3 heteroatoms. The van der Waals surface area contributed by atoms with E-state index in [1.807, 2.05) is 0 Å². The second-order valence-corrected chi connectivity index (χ2v) is 3.70. The largest absolute Gasteiger partial charge is 0.480 e. The highest BCUT2D eigenvalue weighted by molar-refractivity contribution is 5.82. The first-order valence-corrected chi connectivity index (χ1v) is 5.49. The highest BCUT2D eigenvalue weighted by Gasteiger charge is 2.04. The van der Waals surface area contributed by atoms with Crippen molar-refractivity contribution >= 4 is 16.7 Å². The van der Waals surface area contributed by atoms with Crippen molar-refractivity contribution in [1.82, 2.24) is 5.32 Å². The molecule has 0 fully saturated rings. The Labute approximate surface area is 101 Å². The van der Waals surface area contributed by atoms with Crippen molar-refractivity contribution in [2.24, 2.45) is 0 Å². The Kier molecular flexibility index (Phi) is 5.17. The van der Waals surface area contributed by atoms with E-state index in [-0.39, 0.29) is 0 Å². The first-order chi connectivity index (χ1) is 8.15. The van der Waals surface area contributed by atoms with Crippen LogP contribution in [-0.4, -0.2) is 24.2 Å². The maximum absolute atomic E-state index is 9.87. The quantitative estimate of drug-likeness (QED) is 0.835. The van der Waals surface area contributed by atoms with Crippen molar-refractivity contribution in [2.75, 3.05) is 7.05 Å². The first kappa shape index (κ1) is 13.2. The van der Waals surface area contributed by atoms with Gasteiger partial charge >= 0.3 is 5.97 Å². The second kappa shape index (κ2) is 6.66. The molecular formula is C14H17NO2. The van der Waals surface area contributed by atoms with Gasteiger partial charge in [-0.15, -0.1) is 0 Å². The van der Waals surface area contributed by atoms with Gasteiger partial charge in [-0.05, 0) is 24.7 Å². The average molecular weight is 231 g/mol. The lowest BCUT2D eigenvalue weighted by molar-refractivity contribution is -0.138. The van der Waals surface area contributed by atoms with Crippen LogP contribution in [0.25, 0.3) is 10.8 Å². The van der Waals surface area contributed by atoms with Crippen molar-refractivity contribution in [2.45, 2.75) is 13.0 Å². The molecular weight excluding hydrogens is 214 g/mol. The molecule has 0 aliphatic heterocycles. The Bertz CT molecular complexity index is 417. The molecule has 90 valence electrons. The lowest BCUT2D eigenvalue weighted by Gasteiger charge is -1.99. The fraction of sp³-hybridized carbons (Fsp3) is 0.214. The summed E-state index contributed by atoms with van der Waals surface area (Å²) in [6.45, 7) is 1.59. The zero-order valence-electron chi connectivity index (χ0n) is 10.1. The van der Waals surface area contributed by atoms with Gasteiger partial charge in [0.05, 0.1) is 0 Å². The second-order valence-electron chi connectivity index (χ2n) is 3.70. The van der Waals surface area contributed by atoms with E-state index in [1.54, 1.807) is 14.0 Å². The molecule has 17 heavy (non-hydrogen) atoms. The normalized spacial score (nSPS) is 11.4. The highest BCUT2D eigenvalue weighted by Crippen LogP contribution is 2.11. The summed E-state index contributed by atoms with van der Waals surface area (Å²) < 4.78 is 0. The first-order valence-electron chi connectivity index (χ1n) is 5.49. The third-order valence-corrected chi connectivity index (χ3v) is 2.46. The molecule has 0 heterocycles. The van der Waals surface area contributed by atoms with E-state index in [2.05, 4.69) is 53.8 Å². The molecule has 0 saturated heterocycles. The molecule has 2 aromatic rings. The van der Waals surface area contributed by atoms with E-state index in [1.165, 1.54) is 10.8 Å². The van der Waals surface area contributed by atoms with E-state index >= 15 is 0 Å². The number of nitrogens with one attached hydrogen (secondary N) is 1. The van der Waals surface area contributed by atoms with Crippen LogP contribution in [0.4, 0.5) is 0 Å². The molecule has 0 saturated carbocycles. The van der Waals surface area contributed by atoms with Crippen molar-refractivity contribution in [3.63, 3.8) is 0 Å². The minimum atomic E-state index is -0.817. The summed E-state index contributed by atoms with van der Waals surface area (Å²) in [4.78, 5) is 9.87. The standard InChI is InChI=1S/C10H8.C4H9NO2/c1-2-6-10-8-4-3-7-9(10)5-1;1-3(5-2)4(6)7/h1-8H;3,5H,1-2H3,(H,6,7). The van der Waals surface area contributed by atoms with Gasteiger partial charge in [-0.3, -0.25) is 4.79 Å². The third kappa shape index (κ3) is 4.25. The van der Waals surface area contributed by atoms with Gasteiger partial charge in [-0.2, -0.15) is 0 Å². The molecule has 2 rings (SSSR count). The van der Waals surface area contributed by atoms with Crippen LogP contribution in [0.15, 0.2) is 48.5 Å². The summed E-state index contributed by atoms with van der Waals surface area (Å²) in [5.74, 6) is -0.817. The zero-order valence-corrected chi connectivity index (χ0v) is 10.1. The van der Waals surface area contributed by atoms with Gasteiger partial charge in [0, 0.05) is 0 Å². The Morgan fingerprint density at radius 1 is 1.06 bits per heavy atom. The smallest absolute Gasteiger partial charge is 0.320 e. The van der Waals surface area contributed by atoms with Gasteiger partial charge in [0.25, 0.3) is 0 Å². The lowest BCUT2D eigenvalue weighted by Crippen LogP contribution is -2.29. The van der Waals surface area contributed by atoms with Gasteiger partial charge in [0.1, 0.15) is 6.04 Å². The zero-order chi connectivity index (χ0) is 12.7. The molecule has 2 aromatic carbocycles. The molecule has 1 atom stereocenters. The fourth-order valence-electron chi connectivity index (χ4n) is 1.26. The minimum Gasteiger partial charge on any atom is -0.480 e. The molecule has 0 aliphatic rings. The van der Waals surface area contributed by atoms with Crippen molar-refractivity contribution in [3.05, 3.63) is 48.5 Å². The number of carboxylic acid groups (broad SMARTS) is 1. The van der Waals surface area contributed by atoms with Crippen molar-refractivity contribution < 1.29 is 9.90 Å². The van der Waals surface area contributed by atoms with Crippen LogP contribution in [0.2, 0.25) is 0 Å². The number of benzene rings is 2. The van der Waals surface area contributed by atoms with E-state index in [0.29, 0.717) is 0 Å². The number of likely N-dealkylation sites (N-methyl/N-ethyl adjacent to an activating group) is 1. The number of hydrogen-bond acceptors (Lipinski definition) is 2. The van der Waals surface area contributed by atoms with E-state index in [0.717, 1.165) is 0 Å². The summed E-state index contributed by atoms with van der Waals surface area (Å²) in [6.07, 6.45) is 0.